The van der Waals surface area contributed by atoms with Gasteiger partial charge >= 0.3 is 0 Å². The van der Waals surface area contributed by atoms with Crippen LogP contribution in [0.2, 0.25) is 0 Å². The van der Waals surface area contributed by atoms with Crippen LogP contribution in [-0.2, 0) is 11.2 Å². The predicted octanol–water partition coefficient (Wildman–Crippen LogP) is 3.17. The van der Waals surface area contributed by atoms with Gasteiger partial charge in [-0.1, -0.05) is 67.1 Å². The molecule has 0 bridgehead atoms. The van der Waals surface area contributed by atoms with Crippen molar-refractivity contribution in [1.82, 2.24) is 5.32 Å². The highest BCUT2D eigenvalue weighted by molar-refractivity contribution is 5.99. The molecule has 0 radical (unpaired) electrons. The SMILES string of the molecule is CCCNCC(O)COC(Cc1ccc(C)cc1)C(=O)c1ccccc1. The molecule has 2 N–H and O–H groups in total. The van der Waals surface area contributed by atoms with E-state index in [1.165, 1.54) is 5.56 Å². The van der Waals surface area contributed by atoms with Gasteiger partial charge in [0.2, 0.25) is 0 Å². The van der Waals surface area contributed by atoms with Gasteiger partial charge < -0.3 is 15.2 Å². The van der Waals surface area contributed by atoms with E-state index in [-0.39, 0.29) is 12.4 Å². The Kier molecular flexibility index (Phi) is 8.48. The van der Waals surface area contributed by atoms with E-state index < -0.39 is 12.2 Å². The predicted molar refractivity (Wildman–Crippen MR) is 105 cm³/mol. The first-order chi connectivity index (χ1) is 12.6. The molecule has 0 heterocycles. The van der Waals surface area contributed by atoms with Gasteiger partial charge in [0.05, 0.1) is 12.7 Å². The van der Waals surface area contributed by atoms with E-state index in [1.54, 1.807) is 12.1 Å². The molecule has 4 nitrogen and oxygen atoms in total. The quantitative estimate of drug-likeness (QED) is 0.480. The third-order valence-electron chi connectivity index (χ3n) is 4.19. The fraction of sp³-hybridized carbons (Fsp3) is 0.409. The maximum Gasteiger partial charge on any atom is 0.191 e. The number of Topliss-reactive ketones (excluding diaryl/α,β-unsaturated/α-hetero) is 1. The van der Waals surface area contributed by atoms with Crippen LogP contribution in [0.5, 0.6) is 0 Å². The molecule has 0 spiro atoms. The van der Waals surface area contributed by atoms with Crippen LogP contribution in [0.3, 0.4) is 0 Å². The van der Waals surface area contributed by atoms with Crippen molar-refractivity contribution >= 4 is 5.78 Å². The lowest BCUT2D eigenvalue weighted by atomic mass is 9.99. The summed E-state index contributed by atoms with van der Waals surface area (Å²) in [6, 6.07) is 17.3. The lowest BCUT2D eigenvalue weighted by molar-refractivity contribution is -0.00162. The van der Waals surface area contributed by atoms with Crippen molar-refractivity contribution in [3.63, 3.8) is 0 Å². The van der Waals surface area contributed by atoms with E-state index in [0.29, 0.717) is 18.5 Å². The fourth-order valence-corrected chi connectivity index (χ4v) is 2.69. The monoisotopic (exact) mass is 355 g/mol. The van der Waals surface area contributed by atoms with Gasteiger partial charge in [-0.05, 0) is 25.5 Å². The van der Waals surface area contributed by atoms with Gasteiger partial charge in [-0.2, -0.15) is 0 Å². The summed E-state index contributed by atoms with van der Waals surface area (Å²) in [5.41, 5.74) is 2.85. The van der Waals surface area contributed by atoms with E-state index in [9.17, 15) is 9.90 Å². The maximum absolute atomic E-state index is 12.9. The zero-order chi connectivity index (χ0) is 18.8. The lowest BCUT2D eigenvalue weighted by Crippen LogP contribution is -2.35. The molecule has 0 fully saturated rings. The van der Waals surface area contributed by atoms with Crippen molar-refractivity contribution in [3.05, 3.63) is 71.3 Å². The van der Waals surface area contributed by atoms with Gasteiger partial charge in [-0.15, -0.1) is 0 Å². The minimum Gasteiger partial charge on any atom is -0.389 e. The largest absolute Gasteiger partial charge is 0.389 e. The molecule has 2 aromatic carbocycles. The summed E-state index contributed by atoms with van der Waals surface area (Å²) in [5, 5.41) is 13.2. The number of carbonyl (C=O) groups excluding carboxylic acids is 1. The first kappa shape index (κ1) is 20.3. The third kappa shape index (κ3) is 6.71. The summed E-state index contributed by atoms with van der Waals surface area (Å²) >= 11 is 0. The Morgan fingerprint density at radius 1 is 1.12 bits per heavy atom. The minimum atomic E-state index is -0.634. The average molecular weight is 355 g/mol. The molecule has 0 aliphatic heterocycles. The molecule has 0 saturated heterocycles. The fourth-order valence-electron chi connectivity index (χ4n) is 2.69. The van der Waals surface area contributed by atoms with Crippen molar-refractivity contribution in [1.29, 1.82) is 0 Å². The van der Waals surface area contributed by atoms with Crippen LogP contribution in [0, 0.1) is 6.92 Å². The van der Waals surface area contributed by atoms with Crippen LogP contribution in [0.1, 0.15) is 34.8 Å². The lowest BCUT2D eigenvalue weighted by Gasteiger charge is -2.20. The van der Waals surface area contributed by atoms with Gasteiger partial charge in [0, 0.05) is 18.5 Å². The van der Waals surface area contributed by atoms with Gasteiger partial charge in [0.25, 0.3) is 0 Å². The van der Waals surface area contributed by atoms with Crippen molar-refractivity contribution in [2.45, 2.75) is 38.9 Å². The third-order valence-corrected chi connectivity index (χ3v) is 4.19. The maximum atomic E-state index is 12.9. The molecular formula is C22H29NO3. The molecule has 0 aromatic heterocycles. The summed E-state index contributed by atoms with van der Waals surface area (Å²) in [6.07, 6.45) is 0.255. The van der Waals surface area contributed by atoms with E-state index in [4.69, 9.17) is 4.74 Å². The van der Waals surface area contributed by atoms with Gasteiger partial charge in [0.1, 0.15) is 6.10 Å². The van der Waals surface area contributed by atoms with E-state index >= 15 is 0 Å². The zero-order valence-corrected chi connectivity index (χ0v) is 15.7. The second-order valence-corrected chi connectivity index (χ2v) is 6.60. The number of rotatable bonds is 11. The molecule has 2 unspecified atom stereocenters. The number of benzene rings is 2. The number of ether oxygens (including phenoxy) is 1. The molecule has 0 aliphatic rings. The van der Waals surface area contributed by atoms with Crippen LogP contribution < -0.4 is 5.32 Å². The standard InChI is InChI=1S/C22H29NO3/c1-3-13-23-15-20(24)16-26-21(14-18-11-9-17(2)10-12-18)22(25)19-7-5-4-6-8-19/h4-12,20-21,23-24H,3,13-16H2,1-2H3. The van der Waals surface area contributed by atoms with Crippen LogP contribution in [-0.4, -0.2) is 42.8 Å². The number of carbonyl (C=O) groups is 1. The number of hydrogen-bond donors (Lipinski definition) is 2. The smallest absolute Gasteiger partial charge is 0.191 e. The molecule has 140 valence electrons. The van der Waals surface area contributed by atoms with Crippen molar-refractivity contribution in [2.75, 3.05) is 19.7 Å². The van der Waals surface area contributed by atoms with Crippen molar-refractivity contribution < 1.29 is 14.6 Å². The summed E-state index contributed by atoms with van der Waals surface area (Å²) in [7, 11) is 0. The second kappa shape index (κ2) is 10.9. The van der Waals surface area contributed by atoms with Crippen molar-refractivity contribution in [2.24, 2.45) is 0 Å². The number of aryl methyl sites for hydroxylation is 1. The van der Waals surface area contributed by atoms with E-state index in [0.717, 1.165) is 18.5 Å². The first-order valence-electron chi connectivity index (χ1n) is 9.25. The molecule has 0 amide bonds. The number of aliphatic hydroxyl groups excluding tert-OH is 1. The van der Waals surface area contributed by atoms with Gasteiger partial charge in [-0.25, -0.2) is 0 Å². The summed E-state index contributed by atoms with van der Waals surface area (Å²) in [4.78, 5) is 12.9. The minimum absolute atomic E-state index is 0.0557. The topological polar surface area (TPSA) is 58.6 Å². The molecule has 26 heavy (non-hydrogen) atoms. The Hall–Kier alpha value is -2.01. The van der Waals surface area contributed by atoms with Gasteiger partial charge in [-0.3, -0.25) is 4.79 Å². The summed E-state index contributed by atoms with van der Waals surface area (Å²) in [6.45, 7) is 5.56. The first-order valence-corrected chi connectivity index (χ1v) is 9.25. The summed E-state index contributed by atoms with van der Waals surface area (Å²) in [5.74, 6) is -0.0557. The Morgan fingerprint density at radius 2 is 1.81 bits per heavy atom. The van der Waals surface area contributed by atoms with Crippen LogP contribution in [0.15, 0.2) is 54.6 Å². The summed E-state index contributed by atoms with van der Waals surface area (Å²) < 4.78 is 5.85. The van der Waals surface area contributed by atoms with Crippen LogP contribution in [0.4, 0.5) is 0 Å². The van der Waals surface area contributed by atoms with Crippen molar-refractivity contribution in [3.8, 4) is 0 Å². The second-order valence-electron chi connectivity index (χ2n) is 6.60. The molecule has 0 saturated carbocycles. The highest BCUT2D eigenvalue weighted by Crippen LogP contribution is 2.14. The Balaban J connectivity index is 2.03. The molecule has 0 aliphatic carbocycles. The van der Waals surface area contributed by atoms with Crippen LogP contribution >= 0.6 is 0 Å². The molecule has 4 heteroatoms. The van der Waals surface area contributed by atoms with Crippen LogP contribution in [0.25, 0.3) is 0 Å². The molecule has 2 rings (SSSR count). The number of nitrogens with one attached hydrogen (secondary N) is 1. The number of ketones is 1. The Labute approximate surface area is 156 Å². The van der Waals surface area contributed by atoms with Gasteiger partial charge in [0.15, 0.2) is 5.78 Å². The number of hydrogen-bond acceptors (Lipinski definition) is 4. The average Bonchev–Trinajstić information content (AvgIpc) is 2.67. The van der Waals surface area contributed by atoms with E-state index in [2.05, 4.69) is 12.2 Å². The Bertz CT molecular complexity index is 655. The van der Waals surface area contributed by atoms with E-state index in [1.807, 2.05) is 49.4 Å². The molecule has 2 aromatic rings. The normalized spacial score (nSPS) is 13.3. The molecule has 2 atom stereocenters. The molecular weight excluding hydrogens is 326 g/mol. The highest BCUT2D eigenvalue weighted by atomic mass is 16.5. The highest BCUT2D eigenvalue weighted by Gasteiger charge is 2.22. The Morgan fingerprint density at radius 3 is 2.46 bits per heavy atom. The zero-order valence-electron chi connectivity index (χ0n) is 15.7. The number of aliphatic hydroxyl groups is 1.